The van der Waals surface area contributed by atoms with E-state index < -0.39 is 0 Å². The number of likely N-dealkylation sites (tertiary alicyclic amines) is 2. The van der Waals surface area contributed by atoms with E-state index in [1.807, 2.05) is 24.3 Å². The molecule has 2 heterocycles. The summed E-state index contributed by atoms with van der Waals surface area (Å²) < 4.78 is 5.17. The van der Waals surface area contributed by atoms with Crippen LogP contribution in [-0.4, -0.2) is 60.9 Å². The van der Waals surface area contributed by atoms with Gasteiger partial charge in [0.1, 0.15) is 5.75 Å². The monoisotopic (exact) mass is 457 g/mol. The summed E-state index contributed by atoms with van der Waals surface area (Å²) in [5, 5.41) is 3.05. The fourth-order valence-electron chi connectivity index (χ4n) is 5.47. The summed E-state index contributed by atoms with van der Waals surface area (Å²) in [6.07, 6.45) is 5.62. The largest absolute Gasteiger partial charge is 0.497 e. The third-order valence-corrected chi connectivity index (χ3v) is 7.08. The van der Waals surface area contributed by atoms with Crippen LogP contribution in [0.1, 0.15) is 66.2 Å². The normalized spacial score (nSPS) is 19.8. The standard InChI is InChI=1S/C27H43N3O3/c1-20(19-27(2,3)4)18-25(31)30-16-12-23(13-17-30)29-14-10-21(11-15-29)26(32)28-22-6-8-24(33-5)9-7-22/h6-9,20-21,23H,10-19H2,1-5H3,(H,28,32). The van der Waals surface area contributed by atoms with E-state index in [1.165, 1.54) is 0 Å². The smallest absolute Gasteiger partial charge is 0.227 e. The van der Waals surface area contributed by atoms with Crippen molar-refractivity contribution < 1.29 is 14.3 Å². The molecule has 0 aromatic heterocycles. The van der Waals surface area contributed by atoms with Gasteiger partial charge >= 0.3 is 0 Å². The molecule has 0 bridgehead atoms. The average Bonchev–Trinajstić information content (AvgIpc) is 2.78. The summed E-state index contributed by atoms with van der Waals surface area (Å²) in [4.78, 5) is 30.1. The van der Waals surface area contributed by atoms with Crippen LogP contribution in [0.25, 0.3) is 0 Å². The van der Waals surface area contributed by atoms with Crippen LogP contribution in [0.2, 0.25) is 0 Å². The van der Waals surface area contributed by atoms with Crippen LogP contribution in [-0.2, 0) is 9.59 Å². The van der Waals surface area contributed by atoms with Crippen LogP contribution in [0.5, 0.6) is 5.75 Å². The van der Waals surface area contributed by atoms with Gasteiger partial charge in [0.25, 0.3) is 0 Å². The molecule has 1 N–H and O–H groups in total. The number of rotatable bonds is 7. The Morgan fingerprint density at radius 2 is 1.64 bits per heavy atom. The number of benzene rings is 1. The molecule has 6 nitrogen and oxygen atoms in total. The van der Waals surface area contributed by atoms with Crippen LogP contribution in [0, 0.1) is 17.3 Å². The lowest BCUT2D eigenvalue weighted by Crippen LogP contribution is -2.50. The highest BCUT2D eigenvalue weighted by Crippen LogP contribution is 2.28. The molecule has 1 unspecified atom stereocenters. The average molecular weight is 458 g/mol. The minimum Gasteiger partial charge on any atom is -0.497 e. The minimum atomic E-state index is 0.0642. The van der Waals surface area contributed by atoms with Crippen molar-refractivity contribution in [1.82, 2.24) is 9.80 Å². The number of anilines is 1. The Hall–Kier alpha value is -2.08. The van der Waals surface area contributed by atoms with Gasteiger partial charge in [0.15, 0.2) is 0 Å². The lowest BCUT2D eigenvalue weighted by atomic mass is 9.84. The summed E-state index contributed by atoms with van der Waals surface area (Å²) >= 11 is 0. The van der Waals surface area contributed by atoms with E-state index in [2.05, 4.69) is 42.8 Å². The maximum atomic E-state index is 12.7. The Morgan fingerprint density at radius 1 is 1.03 bits per heavy atom. The van der Waals surface area contributed by atoms with Gasteiger partial charge in [-0.25, -0.2) is 0 Å². The molecule has 0 saturated carbocycles. The van der Waals surface area contributed by atoms with Gasteiger partial charge in [-0.3, -0.25) is 9.59 Å². The number of hydrogen-bond donors (Lipinski definition) is 1. The van der Waals surface area contributed by atoms with Gasteiger partial charge in [-0.15, -0.1) is 0 Å². The number of nitrogens with zero attached hydrogens (tertiary/aromatic N) is 2. The van der Waals surface area contributed by atoms with Crippen LogP contribution in [0.15, 0.2) is 24.3 Å². The van der Waals surface area contributed by atoms with Crippen molar-refractivity contribution in [2.45, 2.75) is 72.3 Å². The van der Waals surface area contributed by atoms with E-state index in [0.717, 1.165) is 69.7 Å². The predicted molar refractivity (Wildman–Crippen MR) is 133 cm³/mol. The molecule has 6 heteroatoms. The lowest BCUT2D eigenvalue weighted by molar-refractivity contribution is -0.134. The molecule has 0 radical (unpaired) electrons. The van der Waals surface area contributed by atoms with Crippen LogP contribution in [0.3, 0.4) is 0 Å². The molecule has 1 aromatic rings. The van der Waals surface area contributed by atoms with Gasteiger partial charge in [-0.2, -0.15) is 0 Å². The first-order valence-electron chi connectivity index (χ1n) is 12.6. The number of carbonyl (C=O) groups excluding carboxylic acids is 2. The van der Waals surface area contributed by atoms with Crippen LogP contribution >= 0.6 is 0 Å². The van der Waals surface area contributed by atoms with E-state index >= 15 is 0 Å². The summed E-state index contributed by atoms with van der Waals surface area (Å²) in [6, 6.07) is 8.02. The van der Waals surface area contributed by atoms with Gasteiger partial charge < -0.3 is 19.9 Å². The zero-order valence-electron chi connectivity index (χ0n) is 21.2. The van der Waals surface area contributed by atoms with Gasteiger partial charge in [-0.05, 0) is 80.8 Å². The van der Waals surface area contributed by atoms with Crippen molar-refractivity contribution in [1.29, 1.82) is 0 Å². The van der Waals surface area contributed by atoms with Gasteiger partial charge in [0, 0.05) is 37.2 Å². The molecule has 33 heavy (non-hydrogen) atoms. The quantitative estimate of drug-likeness (QED) is 0.639. The Bertz CT molecular complexity index is 771. The lowest BCUT2D eigenvalue weighted by Gasteiger charge is -2.41. The molecule has 0 aliphatic carbocycles. The van der Waals surface area contributed by atoms with Gasteiger partial charge in [0.2, 0.25) is 11.8 Å². The maximum Gasteiger partial charge on any atom is 0.227 e. The Labute approximate surface area is 200 Å². The first kappa shape index (κ1) is 25.5. The minimum absolute atomic E-state index is 0.0642. The molecule has 2 aliphatic rings. The number of amides is 2. The second kappa shape index (κ2) is 11.4. The van der Waals surface area contributed by atoms with Crippen LogP contribution < -0.4 is 10.1 Å². The molecular formula is C27H43N3O3. The summed E-state index contributed by atoms with van der Waals surface area (Å²) in [7, 11) is 1.64. The zero-order chi connectivity index (χ0) is 24.0. The van der Waals surface area contributed by atoms with E-state index in [1.54, 1.807) is 7.11 Å². The number of nitrogens with one attached hydrogen (secondary N) is 1. The van der Waals surface area contributed by atoms with E-state index in [9.17, 15) is 9.59 Å². The molecular weight excluding hydrogens is 414 g/mol. The molecule has 2 fully saturated rings. The Balaban J connectivity index is 1.38. The van der Waals surface area contributed by atoms with Crippen molar-refractivity contribution in [3.63, 3.8) is 0 Å². The van der Waals surface area contributed by atoms with E-state index in [0.29, 0.717) is 24.3 Å². The topological polar surface area (TPSA) is 61.9 Å². The predicted octanol–water partition coefficient (Wildman–Crippen LogP) is 4.80. The van der Waals surface area contributed by atoms with Gasteiger partial charge in [-0.1, -0.05) is 27.7 Å². The summed E-state index contributed by atoms with van der Waals surface area (Å²) in [5.41, 5.74) is 1.08. The molecule has 1 atom stereocenters. The second-order valence-corrected chi connectivity index (χ2v) is 11.2. The summed E-state index contributed by atoms with van der Waals surface area (Å²) in [6.45, 7) is 12.6. The van der Waals surface area contributed by atoms with Crippen LogP contribution in [0.4, 0.5) is 5.69 Å². The number of hydrogen-bond acceptors (Lipinski definition) is 4. The van der Waals surface area contributed by atoms with E-state index in [-0.39, 0.29) is 17.2 Å². The second-order valence-electron chi connectivity index (χ2n) is 11.2. The van der Waals surface area contributed by atoms with E-state index in [4.69, 9.17) is 4.74 Å². The molecule has 184 valence electrons. The Morgan fingerprint density at radius 3 is 2.18 bits per heavy atom. The first-order valence-corrected chi connectivity index (χ1v) is 12.6. The highest BCUT2D eigenvalue weighted by atomic mass is 16.5. The first-order chi connectivity index (χ1) is 15.6. The number of methoxy groups -OCH3 is 1. The fourth-order valence-corrected chi connectivity index (χ4v) is 5.47. The van der Waals surface area contributed by atoms with Crippen molar-refractivity contribution in [3.8, 4) is 5.75 Å². The maximum absolute atomic E-state index is 12.7. The molecule has 1 aromatic carbocycles. The third-order valence-electron chi connectivity index (χ3n) is 7.08. The molecule has 2 saturated heterocycles. The number of piperidine rings is 2. The Kier molecular flexibility index (Phi) is 8.80. The molecule has 2 aliphatic heterocycles. The highest BCUT2D eigenvalue weighted by Gasteiger charge is 2.32. The zero-order valence-corrected chi connectivity index (χ0v) is 21.2. The highest BCUT2D eigenvalue weighted by molar-refractivity contribution is 5.92. The van der Waals surface area contributed by atoms with Crippen molar-refractivity contribution >= 4 is 17.5 Å². The van der Waals surface area contributed by atoms with Gasteiger partial charge in [0.05, 0.1) is 7.11 Å². The number of ether oxygens (including phenoxy) is 1. The summed E-state index contributed by atoms with van der Waals surface area (Å²) in [5.74, 6) is 1.71. The van der Waals surface area contributed by atoms with Crippen molar-refractivity contribution in [2.75, 3.05) is 38.6 Å². The molecule has 0 spiro atoms. The SMILES string of the molecule is COc1ccc(NC(=O)C2CCN(C3CCN(C(=O)CC(C)CC(C)(C)C)CC3)CC2)cc1. The fraction of sp³-hybridized carbons (Fsp3) is 0.704. The molecule has 2 amide bonds. The van der Waals surface area contributed by atoms with Crippen molar-refractivity contribution in [3.05, 3.63) is 24.3 Å². The van der Waals surface area contributed by atoms with Crippen molar-refractivity contribution in [2.24, 2.45) is 17.3 Å². The molecule has 3 rings (SSSR count). The number of carbonyl (C=O) groups is 2. The third kappa shape index (κ3) is 7.73.